The summed E-state index contributed by atoms with van der Waals surface area (Å²) in [6.45, 7) is 3.22. The van der Waals surface area contributed by atoms with E-state index in [4.69, 9.17) is 28.2 Å². The molecule has 1 fully saturated rings. The predicted molar refractivity (Wildman–Crippen MR) is 103 cm³/mol. The van der Waals surface area contributed by atoms with Gasteiger partial charge in [-0.2, -0.15) is 5.10 Å². The third kappa shape index (κ3) is 3.45. The molecule has 4 heterocycles. The Hall–Kier alpha value is -2.38. The maximum absolute atomic E-state index is 6.27. The van der Waals surface area contributed by atoms with Gasteiger partial charge in [0.05, 0.1) is 34.3 Å². The summed E-state index contributed by atoms with van der Waals surface area (Å²) in [5.41, 5.74) is 1.78. The number of aromatic nitrogens is 5. The van der Waals surface area contributed by atoms with Crippen LogP contribution in [0.3, 0.4) is 0 Å². The summed E-state index contributed by atoms with van der Waals surface area (Å²) in [7, 11) is 1.88. The highest BCUT2D eigenvalue weighted by atomic mass is 35.5. The van der Waals surface area contributed by atoms with Crippen molar-refractivity contribution in [1.29, 1.82) is 0 Å². The van der Waals surface area contributed by atoms with Gasteiger partial charge in [0.1, 0.15) is 11.6 Å². The third-order valence-corrected chi connectivity index (χ3v) is 4.80. The molecule has 0 saturated carbocycles. The molecule has 0 aliphatic carbocycles. The van der Waals surface area contributed by atoms with Crippen LogP contribution in [0.15, 0.2) is 37.1 Å². The van der Waals surface area contributed by atoms with Gasteiger partial charge >= 0.3 is 0 Å². The van der Waals surface area contributed by atoms with Gasteiger partial charge in [-0.3, -0.25) is 9.67 Å². The molecular weight excluding hydrogens is 373 g/mol. The Bertz CT molecular complexity index is 919. The SMILES string of the molecule is Cn1cc(-c2cncc(N3CCN(c4ncc(Cl)cc4Cl)CC3)n2)cn1. The first-order valence-electron chi connectivity index (χ1n) is 8.22. The highest BCUT2D eigenvalue weighted by Crippen LogP contribution is 2.27. The molecular formula is C17H17Cl2N7. The van der Waals surface area contributed by atoms with Gasteiger partial charge in [-0.15, -0.1) is 0 Å². The van der Waals surface area contributed by atoms with Crippen molar-refractivity contribution in [2.45, 2.75) is 0 Å². The number of anilines is 2. The first-order valence-corrected chi connectivity index (χ1v) is 8.98. The first kappa shape index (κ1) is 17.1. The standard InChI is InChI=1S/C17H17Cl2N7/c1-24-11-12(7-22-24)15-9-20-10-16(23-15)25-2-4-26(5-3-25)17-14(19)6-13(18)8-21-17/h6-11H,2-5H2,1H3. The summed E-state index contributed by atoms with van der Waals surface area (Å²) in [6.07, 6.45) is 8.90. The molecule has 0 bridgehead atoms. The molecule has 0 aromatic carbocycles. The van der Waals surface area contributed by atoms with E-state index in [1.807, 2.05) is 13.2 Å². The maximum Gasteiger partial charge on any atom is 0.147 e. The van der Waals surface area contributed by atoms with Gasteiger partial charge in [0.15, 0.2) is 0 Å². The molecule has 4 rings (SSSR count). The number of hydrogen-bond donors (Lipinski definition) is 0. The second-order valence-electron chi connectivity index (χ2n) is 6.10. The molecule has 0 radical (unpaired) electrons. The number of nitrogens with zero attached hydrogens (tertiary/aromatic N) is 7. The van der Waals surface area contributed by atoms with Crippen LogP contribution in [0.5, 0.6) is 0 Å². The fourth-order valence-electron chi connectivity index (χ4n) is 2.99. The van der Waals surface area contributed by atoms with E-state index in [1.165, 1.54) is 0 Å². The van der Waals surface area contributed by atoms with Crippen LogP contribution in [0.2, 0.25) is 10.0 Å². The van der Waals surface area contributed by atoms with Gasteiger partial charge in [-0.05, 0) is 6.07 Å². The summed E-state index contributed by atoms with van der Waals surface area (Å²) < 4.78 is 1.76. The normalized spacial score (nSPS) is 14.7. The van der Waals surface area contributed by atoms with Crippen molar-refractivity contribution in [2.24, 2.45) is 7.05 Å². The Labute approximate surface area is 161 Å². The van der Waals surface area contributed by atoms with Gasteiger partial charge in [-0.1, -0.05) is 23.2 Å². The lowest BCUT2D eigenvalue weighted by molar-refractivity contribution is 0.641. The second-order valence-corrected chi connectivity index (χ2v) is 6.94. The van der Waals surface area contributed by atoms with Crippen molar-refractivity contribution < 1.29 is 0 Å². The summed E-state index contributed by atoms with van der Waals surface area (Å²) in [5, 5.41) is 5.31. The van der Waals surface area contributed by atoms with E-state index < -0.39 is 0 Å². The Balaban J connectivity index is 1.48. The molecule has 0 amide bonds. The van der Waals surface area contributed by atoms with E-state index in [9.17, 15) is 0 Å². The average Bonchev–Trinajstić information content (AvgIpc) is 3.09. The minimum atomic E-state index is 0.542. The van der Waals surface area contributed by atoms with Gasteiger partial charge < -0.3 is 9.80 Å². The van der Waals surface area contributed by atoms with Gasteiger partial charge in [0.2, 0.25) is 0 Å². The van der Waals surface area contributed by atoms with E-state index in [0.29, 0.717) is 10.0 Å². The maximum atomic E-state index is 6.27. The number of rotatable bonds is 3. The lowest BCUT2D eigenvalue weighted by Crippen LogP contribution is -2.47. The molecule has 3 aromatic rings. The summed E-state index contributed by atoms with van der Waals surface area (Å²) in [4.78, 5) is 17.8. The summed E-state index contributed by atoms with van der Waals surface area (Å²) in [6, 6.07) is 1.72. The zero-order chi connectivity index (χ0) is 18.1. The third-order valence-electron chi connectivity index (χ3n) is 4.31. The molecule has 134 valence electrons. The van der Waals surface area contributed by atoms with Crippen LogP contribution in [0.25, 0.3) is 11.3 Å². The van der Waals surface area contributed by atoms with Crippen molar-refractivity contribution in [2.75, 3.05) is 36.0 Å². The van der Waals surface area contributed by atoms with Gasteiger partial charge in [-0.25, -0.2) is 9.97 Å². The molecule has 0 atom stereocenters. The molecule has 26 heavy (non-hydrogen) atoms. The van der Waals surface area contributed by atoms with Crippen molar-refractivity contribution in [1.82, 2.24) is 24.7 Å². The molecule has 1 saturated heterocycles. The van der Waals surface area contributed by atoms with Crippen LogP contribution in [-0.4, -0.2) is 50.9 Å². The predicted octanol–water partition coefficient (Wildman–Crippen LogP) is 2.91. The number of pyridine rings is 1. The fraction of sp³-hybridized carbons (Fsp3) is 0.294. The van der Waals surface area contributed by atoms with Crippen LogP contribution in [0.1, 0.15) is 0 Å². The number of aryl methyl sites for hydroxylation is 1. The second kappa shape index (κ2) is 7.09. The molecule has 1 aliphatic rings. The van der Waals surface area contributed by atoms with Gasteiger partial charge in [0.25, 0.3) is 0 Å². The first-order chi connectivity index (χ1) is 12.6. The highest BCUT2D eigenvalue weighted by Gasteiger charge is 2.21. The van der Waals surface area contributed by atoms with E-state index >= 15 is 0 Å². The van der Waals surface area contributed by atoms with E-state index in [2.05, 4.69) is 24.9 Å². The summed E-state index contributed by atoms with van der Waals surface area (Å²) in [5.74, 6) is 1.63. The Morgan fingerprint density at radius 3 is 2.42 bits per heavy atom. The quantitative estimate of drug-likeness (QED) is 0.686. The van der Waals surface area contributed by atoms with Crippen molar-refractivity contribution in [3.8, 4) is 11.3 Å². The van der Waals surface area contributed by atoms with Crippen molar-refractivity contribution >= 4 is 34.8 Å². The molecule has 3 aromatic heterocycles. The monoisotopic (exact) mass is 389 g/mol. The molecule has 0 spiro atoms. The van der Waals surface area contributed by atoms with Crippen LogP contribution in [0.4, 0.5) is 11.6 Å². The fourth-order valence-corrected chi connectivity index (χ4v) is 3.49. The van der Waals surface area contributed by atoms with E-state index in [-0.39, 0.29) is 0 Å². The summed E-state index contributed by atoms with van der Waals surface area (Å²) >= 11 is 12.2. The minimum absolute atomic E-state index is 0.542. The zero-order valence-corrected chi connectivity index (χ0v) is 15.7. The van der Waals surface area contributed by atoms with Crippen LogP contribution >= 0.6 is 23.2 Å². The molecule has 0 N–H and O–H groups in total. The van der Waals surface area contributed by atoms with Crippen LogP contribution < -0.4 is 9.80 Å². The topological polar surface area (TPSA) is 63.0 Å². The van der Waals surface area contributed by atoms with Crippen molar-refractivity contribution in [3.05, 3.63) is 47.1 Å². The molecule has 1 aliphatic heterocycles. The van der Waals surface area contributed by atoms with Crippen LogP contribution in [-0.2, 0) is 7.05 Å². The van der Waals surface area contributed by atoms with Crippen molar-refractivity contribution in [3.63, 3.8) is 0 Å². The lowest BCUT2D eigenvalue weighted by Gasteiger charge is -2.36. The number of hydrogen-bond acceptors (Lipinski definition) is 6. The Morgan fingerprint density at radius 2 is 1.73 bits per heavy atom. The number of piperazine rings is 1. The Kier molecular flexibility index (Phi) is 4.65. The molecule has 9 heteroatoms. The zero-order valence-electron chi connectivity index (χ0n) is 14.2. The largest absolute Gasteiger partial charge is 0.352 e. The highest BCUT2D eigenvalue weighted by molar-refractivity contribution is 6.36. The van der Waals surface area contributed by atoms with E-state index in [1.54, 1.807) is 35.5 Å². The molecule has 0 unspecified atom stereocenters. The lowest BCUT2D eigenvalue weighted by atomic mass is 10.2. The molecule has 7 nitrogen and oxygen atoms in total. The average molecular weight is 390 g/mol. The Morgan fingerprint density at radius 1 is 0.962 bits per heavy atom. The van der Waals surface area contributed by atoms with Gasteiger partial charge in [0, 0.05) is 51.2 Å². The minimum Gasteiger partial charge on any atom is -0.352 e. The van der Waals surface area contributed by atoms with E-state index in [0.717, 1.165) is 49.1 Å². The smallest absolute Gasteiger partial charge is 0.147 e. The number of halogens is 2. The van der Waals surface area contributed by atoms with Crippen LogP contribution in [0, 0.1) is 0 Å².